The lowest BCUT2D eigenvalue weighted by Gasteiger charge is -2.54. The van der Waals surface area contributed by atoms with Gasteiger partial charge in [-0.1, -0.05) is 48.0 Å². The monoisotopic (exact) mass is 606 g/mol. The fraction of sp³-hybridized carbons (Fsp3) is 0.321. The Morgan fingerprint density at radius 2 is 1.73 bits per heavy atom. The van der Waals surface area contributed by atoms with E-state index in [4.69, 9.17) is 32.7 Å². The minimum atomic E-state index is -4.97. The number of likely N-dealkylation sites (tertiary alicyclic amines) is 1. The summed E-state index contributed by atoms with van der Waals surface area (Å²) in [5.74, 6) is -1.16. The Hall–Kier alpha value is -3.02. The van der Waals surface area contributed by atoms with Gasteiger partial charge in [-0.3, -0.25) is 9.69 Å². The number of fused-ring (bicyclic) bond motifs is 1. The number of nitrogens with one attached hydrogen (secondary N) is 1. The van der Waals surface area contributed by atoms with Crippen LogP contribution < -0.4 is 14.8 Å². The molecule has 0 aromatic heterocycles. The molecule has 3 aromatic carbocycles. The minimum absolute atomic E-state index is 0.0136. The number of carbonyl (C=O) groups excluding carboxylic acids is 1. The van der Waals surface area contributed by atoms with E-state index in [9.17, 15) is 23.4 Å². The summed E-state index contributed by atoms with van der Waals surface area (Å²) in [5, 5.41) is 24.0. The zero-order chi connectivity index (χ0) is 28.9. The van der Waals surface area contributed by atoms with Crippen molar-refractivity contribution in [2.45, 2.75) is 33.3 Å². The second-order valence-corrected chi connectivity index (χ2v) is 12.7. The Bertz CT molecular complexity index is 1570. The standard InChI is InChI=1S/C28H28Cl2N2O7S/c1-38-23-12-11-17(15-24(23)39-2)40(36,37)28(35)27(30,20-8-4-5-9-21(20)29)25(33)13-14-32(28)26(34)19-16-31-22-10-6-3-7-18(19)22/h3-12,15,19,25,31,33,35H,13-14,16H2,1-2H3. The molecule has 2 aliphatic heterocycles. The van der Waals surface area contributed by atoms with Crippen molar-refractivity contribution in [3.05, 3.63) is 82.9 Å². The number of hydrogen-bond donors (Lipinski definition) is 3. The molecule has 3 N–H and O–H groups in total. The summed E-state index contributed by atoms with van der Waals surface area (Å²) in [7, 11) is -2.24. The molecule has 9 nitrogen and oxygen atoms in total. The number of rotatable bonds is 6. The molecule has 12 heteroatoms. The Morgan fingerprint density at radius 3 is 2.42 bits per heavy atom. The minimum Gasteiger partial charge on any atom is -0.493 e. The third-order valence-corrected chi connectivity index (χ3v) is 11.0. The van der Waals surface area contributed by atoms with Crippen LogP contribution in [0.5, 0.6) is 11.5 Å². The highest BCUT2D eigenvalue weighted by Gasteiger charge is 2.70. The molecular formula is C28H28Cl2N2O7S. The molecule has 5 rings (SSSR count). The quantitative estimate of drug-likeness (QED) is 0.363. The number of carbonyl (C=O) groups is 1. The predicted octanol–water partition coefficient (Wildman–Crippen LogP) is 3.71. The van der Waals surface area contributed by atoms with Crippen molar-refractivity contribution >= 4 is 44.6 Å². The summed E-state index contributed by atoms with van der Waals surface area (Å²) >= 11 is 13.6. The molecule has 1 fully saturated rings. The second-order valence-electron chi connectivity index (χ2n) is 9.64. The average molecular weight is 608 g/mol. The van der Waals surface area contributed by atoms with Crippen LogP contribution in [0.1, 0.15) is 23.5 Å². The van der Waals surface area contributed by atoms with Crippen LogP contribution in [-0.2, 0) is 19.5 Å². The molecule has 212 valence electrons. The van der Waals surface area contributed by atoms with E-state index in [0.29, 0.717) is 5.56 Å². The Morgan fingerprint density at radius 1 is 1.05 bits per heavy atom. The van der Waals surface area contributed by atoms with Gasteiger partial charge in [0, 0.05) is 35.4 Å². The number of para-hydroxylation sites is 1. The van der Waals surface area contributed by atoms with Gasteiger partial charge in [0.05, 0.1) is 31.1 Å². The van der Waals surface area contributed by atoms with Crippen LogP contribution >= 0.6 is 23.2 Å². The third kappa shape index (κ3) is 4.04. The van der Waals surface area contributed by atoms with Gasteiger partial charge in [-0.25, -0.2) is 8.42 Å². The highest BCUT2D eigenvalue weighted by Crippen LogP contribution is 2.55. The van der Waals surface area contributed by atoms with E-state index in [0.717, 1.165) is 10.6 Å². The van der Waals surface area contributed by atoms with Gasteiger partial charge in [-0.05, 0) is 36.2 Å². The van der Waals surface area contributed by atoms with Gasteiger partial charge in [0.1, 0.15) is 0 Å². The normalized spacial score (nSPS) is 26.1. The van der Waals surface area contributed by atoms with Crippen molar-refractivity contribution in [2.75, 3.05) is 32.6 Å². The summed E-state index contributed by atoms with van der Waals surface area (Å²) < 4.78 is 39.7. The lowest BCUT2D eigenvalue weighted by Crippen LogP contribution is -2.73. The van der Waals surface area contributed by atoms with Gasteiger partial charge in [0.15, 0.2) is 16.4 Å². The fourth-order valence-corrected chi connectivity index (χ4v) is 8.53. The first-order chi connectivity index (χ1) is 19.0. The van der Waals surface area contributed by atoms with Crippen molar-refractivity contribution in [1.29, 1.82) is 0 Å². The number of amides is 1. The number of benzene rings is 3. The van der Waals surface area contributed by atoms with Crippen molar-refractivity contribution < 1.29 is 32.9 Å². The van der Waals surface area contributed by atoms with Crippen LogP contribution in [0.4, 0.5) is 5.69 Å². The lowest BCUT2D eigenvalue weighted by atomic mass is 9.83. The number of nitrogens with zero attached hydrogens (tertiary/aromatic N) is 1. The molecule has 4 unspecified atom stereocenters. The highest BCUT2D eigenvalue weighted by atomic mass is 35.5. The van der Waals surface area contributed by atoms with Crippen LogP contribution in [0, 0.1) is 0 Å². The van der Waals surface area contributed by atoms with E-state index in [2.05, 4.69) is 5.32 Å². The van der Waals surface area contributed by atoms with Crippen molar-refractivity contribution in [1.82, 2.24) is 4.90 Å². The molecule has 0 aliphatic carbocycles. The van der Waals surface area contributed by atoms with Crippen LogP contribution in [0.3, 0.4) is 0 Å². The topological polar surface area (TPSA) is 125 Å². The molecule has 3 aromatic rings. The van der Waals surface area contributed by atoms with E-state index < -0.39 is 42.6 Å². The fourth-order valence-electron chi connectivity index (χ4n) is 5.57. The summed E-state index contributed by atoms with van der Waals surface area (Å²) in [6.07, 6.45) is -1.72. The Kier molecular flexibility index (Phi) is 7.43. The molecule has 40 heavy (non-hydrogen) atoms. The maximum Gasteiger partial charge on any atom is 0.276 e. The molecular weight excluding hydrogens is 579 g/mol. The van der Waals surface area contributed by atoms with E-state index in [-0.39, 0.29) is 41.6 Å². The SMILES string of the molecule is COc1ccc(S(=O)(=O)C2(O)N(C(=O)C3CNc4ccccc43)CCC(O)C2(Cl)c2ccccc2Cl)cc1OC. The molecule has 0 spiro atoms. The van der Waals surface area contributed by atoms with Gasteiger partial charge >= 0.3 is 0 Å². The number of hydrogen-bond acceptors (Lipinski definition) is 8. The van der Waals surface area contributed by atoms with Gasteiger partial charge in [0.2, 0.25) is 15.7 Å². The van der Waals surface area contributed by atoms with Gasteiger partial charge < -0.3 is 25.0 Å². The van der Waals surface area contributed by atoms with Crippen LogP contribution in [0.15, 0.2) is 71.6 Å². The number of anilines is 1. The predicted molar refractivity (Wildman–Crippen MR) is 151 cm³/mol. The maximum atomic E-state index is 14.6. The number of ether oxygens (including phenoxy) is 2. The van der Waals surface area contributed by atoms with Gasteiger partial charge in [-0.2, -0.15) is 0 Å². The second kappa shape index (κ2) is 10.4. The molecule has 0 bridgehead atoms. The van der Waals surface area contributed by atoms with Crippen molar-refractivity contribution in [3.63, 3.8) is 0 Å². The molecule has 0 saturated carbocycles. The zero-order valence-electron chi connectivity index (χ0n) is 21.7. The molecule has 1 saturated heterocycles. The largest absolute Gasteiger partial charge is 0.493 e. The average Bonchev–Trinajstić information content (AvgIpc) is 3.39. The van der Waals surface area contributed by atoms with E-state index in [1.807, 2.05) is 12.1 Å². The smallest absolute Gasteiger partial charge is 0.276 e. The van der Waals surface area contributed by atoms with E-state index in [1.165, 1.54) is 44.6 Å². The molecule has 0 radical (unpaired) electrons. The van der Waals surface area contributed by atoms with Gasteiger partial charge in [-0.15, -0.1) is 11.6 Å². The Balaban J connectivity index is 1.75. The highest BCUT2D eigenvalue weighted by molar-refractivity contribution is 7.92. The number of sulfone groups is 1. The lowest BCUT2D eigenvalue weighted by molar-refractivity contribution is -0.169. The summed E-state index contributed by atoms with van der Waals surface area (Å²) in [6.45, 7) is -0.105. The van der Waals surface area contributed by atoms with Crippen LogP contribution in [0.2, 0.25) is 5.02 Å². The molecule has 2 heterocycles. The zero-order valence-corrected chi connectivity index (χ0v) is 24.0. The van der Waals surface area contributed by atoms with Crippen LogP contribution in [0.25, 0.3) is 0 Å². The Labute approximate surface area is 242 Å². The number of methoxy groups -OCH3 is 2. The molecule has 2 aliphatic rings. The number of piperidine rings is 1. The third-order valence-electron chi connectivity index (χ3n) is 7.63. The first kappa shape index (κ1) is 28.5. The maximum absolute atomic E-state index is 14.6. The summed E-state index contributed by atoms with van der Waals surface area (Å²) in [5.41, 5.74) is 1.34. The number of halogens is 2. The van der Waals surface area contributed by atoms with Crippen molar-refractivity contribution in [2.24, 2.45) is 0 Å². The number of aliphatic hydroxyl groups is 2. The van der Waals surface area contributed by atoms with E-state index in [1.54, 1.807) is 24.3 Å². The summed E-state index contributed by atoms with van der Waals surface area (Å²) in [6, 6.07) is 17.0. The first-order valence-corrected chi connectivity index (χ1v) is 14.7. The summed E-state index contributed by atoms with van der Waals surface area (Å²) in [4.78, 5) is 12.2. The molecule has 1 amide bonds. The van der Waals surface area contributed by atoms with E-state index >= 15 is 0 Å². The van der Waals surface area contributed by atoms with Crippen LogP contribution in [-0.4, -0.2) is 67.9 Å². The number of alkyl halides is 1. The first-order valence-electron chi connectivity index (χ1n) is 12.5. The number of aliphatic hydroxyl groups excluding tert-OH is 1. The van der Waals surface area contributed by atoms with Crippen molar-refractivity contribution in [3.8, 4) is 11.5 Å². The molecule has 4 atom stereocenters. The van der Waals surface area contributed by atoms with Gasteiger partial charge in [0.25, 0.3) is 5.06 Å².